The van der Waals surface area contributed by atoms with Gasteiger partial charge in [0.15, 0.2) is 0 Å². The smallest absolute Gasteiger partial charge is 0.306 e. The maximum Gasteiger partial charge on any atom is 0.306 e. The Hall–Kier alpha value is -1.80. The molecule has 0 bridgehead atoms. The molecule has 0 N–H and O–H groups in total. The highest BCUT2D eigenvalue weighted by atomic mass is 31.2. The molecule has 368 valence electrons. The molecule has 0 aliphatic rings. The first-order chi connectivity index (χ1) is 30.6. The second-order valence-corrected chi connectivity index (χ2v) is 19.9. The summed E-state index contributed by atoms with van der Waals surface area (Å²) in [7, 11) is 1.35. The molecule has 9 heteroatoms. The Kier molecular flexibility index (Phi) is 45.4. The van der Waals surface area contributed by atoms with Crippen molar-refractivity contribution >= 4 is 13.8 Å². The van der Waals surface area contributed by atoms with Gasteiger partial charge in [0.2, 0.25) is 0 Å². The van der Waals surface area contributed by atoms with Crippen LogP contribution in [0.15, 0.2) is 60.8 Å². The van der Waals surface area contributed by atoms with Gasteiger partial charge in [-0.05, 0) is 57.8 Å². The van der Waals surface area contributed by atoms with E-state index in [2.05, 4.69) is 74.6 Å². The van der Waals surface area contributed by atoms with Crippen LogP contribution in [-0.4, -0.2) is 70.7 Å². The van der Waals surface area contributed by atoms with E-state index < -0.39 is 13.9 Å². The van der Waals surface area contributed by atoms with E-state index >= 15 is 0 Å². The van der Waals surface area contributed by atoms with Crippen molar-refractivity contribution in [2.24, 2.45) is 0 Å². The third kappa shape index (κ3) is 51.1. The largest absolute Gasteiger partial charge is 0.756 e. The Bertz CT molecular complexity index is 1190. The molecule has 0 saturated carbocycles. The molecule has 0 rings (SSSR count). The zero-order chi connectivity index (χ0) is 46.2. The predicted molar refractivity (Wildman–Crippen MR) is 268 cm³/mol. The zero-order valence-electron chi connectivity index (χ0n) is 41.8. The Morgan fingerprint density at radius 3 is 1.38 bits per heavy atom. The first kappa shape index (κ1) is 61.2. The summed E-state index contributed by atoms with van der Waals surface area (Å²) < 4.78 is 34.7. The summed E-state index contributed by atoms with van der Waals surface area (Å²) in [4.78, 5) is 25.2. The molecule has 0 aromatic carbocycles. The van der Waals surface area contributed by atoms with Gasteiger partial charge in [0.25, 0.3) is 7.82 Å². The SMILES string of the molecule is CC/C=C\C/C=C\C/C=C\C/C=C\C/C=C\CCCCCCCCCCCCOCC(COP(=O)([O-])OCC[N+](C)(C)C)OC(=O)CCCCCCCCCCCCCCCCC. The van der Waals surface area contributed by atoms with Gasteiger partial charge in [0.1, 0.15) is 19.3 Å². The van der Waals surface area contributed by atoms with Crippen LogP contribution in [0, 0.1) is 0 Å². The van der Waals surface area contributed by atoms with Crippen LogP contribution in [0.5, 0.6) is 0 Å². The molecule has 8 nitrogen and oxygen atoms in total. The van der Waals surface area contributed by atoms with Crippen LogP contribution in [0.1, 0.15) is 219 Å². The number of esters is 1. The highest BCUT2D eigenvalue weighted by molar-refractivity contribution is 7.45. The minimum absolute atomic E-state index is 0.0247. The molecular weight excluding hydrogens is 806 g/mol. The van der Waals surface area contributed by atoms with Gasteiger partial charge < -0.3 is 27.9 Å². The van der Waals surface area contributed by atoms with E-state index in [4.69, 9.17) is 18.5 Å². The highest BCUT2D eigenvalue weighted by Gasteiger charge is 2.20. The van der Waals surface area contributed by atoms with E-state index in [-0.39, 0.29) is 25.8 Å². The van der Waals surface area contributed by atoms with E-state index in [0.717, 1.165) is 64.2 Å². The topological polar surface area (TPSA) is 94.1 Å². The molecule has 2 atom stereocenters. The molecular formula is C54H100NO7P. The number of phosphoric acid groups is 1. The zero-order valence-corrected chi connectivity index (χ0v) is 42.7. The first-order valence-corrected chi connectivity index (χ1v) is 27.5. The Labute approximate surface area is 390 Å². The molecule has 0 aromatic heterocycles. The van der Waals surface area contributed by atoms with Gasteiger partial charge in [-0.25, -0.2) is 0 Å². The minimum Gasteiger partial charge on any atom is -0.756 e. The molecule has 0 radical (unpaired) electrons. The summed E-state index contributed by atoms with van der Waals surface area (Å²) in [6.07, 6.45) is 59.6. The third-order valence-electron chi connectivity index (χ3n) is 11.1. The number of hydrogen-bond donors (Lipinski definition) is 0. The number of unbranched alkanes of at least 4 members (excludes halogenated alkanes) is 24. The van der Waals surface area contributed by atoms with Crippen LogP contribution < -0.4 is 4.89 Å². The quantitative estimate of drug-likeness (QED) is 0.0197. The fraction of sp³-hybridized carbons (Fsp3) is 0.796. The fourth-order valence-electron chi connectivity index (χ4n) is 7.10. The molecule has 0 aliphatic heterocycles. The van der Waals surface area contributed by atoms with Crippen molar-refractivity contribution in [1.82, 2.24) is 0 Å². The van der Waals surface area contributed by atoms with Gasteiger partial charge in [-0.15, -0.1) is 0 Å². The molecule has 0 aliphatic carbocycles. The van der Waals surface area contributed by atoms with Gasteiger partial charge in [-0.1, -0.05) is 216 Å². The highest BCUT2D eigenvalue weighted by Crippen LogP contribution is 2.38. The summed E-state index contributed by atoms with van der Waals surface area (Å²) in [6.45, 7) is 5.31. The minimum atomic E-state index is -4.53. The number of nitrogens with zero attached hydrogens (tertiary/aromatic N) is 1. The van der Waals surface area contributed by atoms with Crippen LogP contribution in [0.3, 0.4) is 0 Å². The van der Waals surface area contributed by atoms with E-state index in [1.165, 1.54) is 135 Å². The summed E-state index contributed by atoms with van der Waals surface area (Å²) in [5, 5.41) is 0. The van der Waals surface area contributed by atoms with E-state index in [0.29, 0.717) is 24.1 Å². The average Bonchev–Trinajstić information content (AvgIpc) is 3.24. The number of allylic oxidation sites excluding steroid dienone is 10. The molecule has 0 spiro atoms. The number of rotatable bonds is 48. The summed E-state index contributed by atoms with van der Waals surface area (Å²) >= 11 is 0. The predicted octanol–water partition coefficient (Wildman–Crippen LogP) is 15.4. The van der Waals surface area contributed by atoms with E-state index in [9.17, 15) is 14.3 Å². The van der Waals surface area contributed by atoms with Crippen LogP contribution in [0.4, 0.5) is 0 Å². The number of carbonyl (C=O) groups is 1. The second kappa shape index (κ2) is 46.7. The summed E-state index contributed by atoms with van der Waals surface area (Å²) in [5.74, 6) is -0.334. The molecule has 0 fully saturated rings. The van der Waals surface area contributed by atoms with Gasteiger partial charge >= 0.3 is 5.97 Å². The van der Waals surface area contributed by atoms with E-state index in [1.807, 2.05) is 21.1 Å². The van der Waals surface area contributed by atoms with Crippen molar-refractivity contribution in [3.63, 3.8) is 0 Å². The molecule has 2 unspecified atom stereocenters. The standard InChI is InChI=1S/C54H100NO7P/c1-6-8-10-12-14-16-18-20-22-23-24-25-26-27-28-29-30-31-32-34-36-38-40-42-44-46-49-59-51-53(52-61-63(57,58)60-50-48-55(3,4)5)62-54(56)47-45-43-41-39-37-35-33-21-19-17-15-13-11-9-7-2/h8,10,14,16,20,22,24-25,27-28,53H,6-7,9,11-13,15,17-19,21,23,26,29-52H2,1-5H3/b10-8-,16-14-,22-20-,25-24-,28-27-. The lowest BCUT2D eigenvalue weighted by Crippen LogP contribution is -2.37. The van der Waals surface area contributed by atoms with Crippen molar-refractivity contribution in [3.8, 4) is 0 Å². The van der Waals surface area contributed by atoms with Gasteiger partial charge in [0.05, 0.1) is 34.4 Å². The van der Waals surface area contributed by atoms with Gasteiger partial charge in [-0.3, -0.25) is 9.36 Å². The lowest BCUT2D eigenvalue weighted by Gasteiger charge is -2.28. The van der Waals surface area contributed by atoms with Crippen molar-refractivity contribution in [2.45, 2.75) is 225 Å². The number of likely N-dealkylation sites (N-methyl/N-ethyl adjacent to an activating group) is 1. The monoisotopic (exact) mass is 906 g/mol. The van der Waals surface area contributed by atoms with Gasteiger partial charge in [0, 0.05) is 13.0 Å². The van der Waals surface area contributed by atoms with E-state index in [1.54, 1.807) is 0 Å². The summed E-state index contributed by atoms with van der Waals surface area (Å²) in [5.41, 5.74) is 0. The third-order valence-corrected chi connectivity index (χ3v) is 12.0. The fourth-order valence-corrected chi connectivity index (χ4v) is 7.83. The number of phosphoric ester groups is 1. The molecule has 63 heavy (non-hydrogen) atoms. The first-order valence-electron chi connectivity index (χ1n) is 26.0. The lowest BCUT2D eigenvalue weighted by atomic mass is 10.0. The Balaban J connectivity index is 4.10. The number of carbonyl (C=O) groups excluding carboxylic acids is 1. The van der Waals surface area contributed by atoms with Crippen LogP contribution in [0.2, 0.25) is 0 Å². The second-order valence-electron chi connectivity index (χ2n) is 18.5. The number of quaternary nitrogens is 1. The maximum absolute atomic E-state index is 12.7. The van der Waals surface area contributed by atoms with Crippen LogP contribution in [0.25, 0.3) is 0 Å². The van der Waals surface area contributed by atoms with Crippen molar-refractivity contribution in [1.29, 1.82) is 0 Å². The van der Waals surface area contributed by atoms with Crippen molar-refractivity contribution < 1.29 is 37.3 Å². The number of hydrogen-bond acceptors (Lipinski definition) is 7. The Morgan fingerprint density at radius 1 is 0.508 bits per heavy atom. The molecule has 0 heterocycles. The van der Waals surface area contributed by atoms with Gasteiger partial charge in [-0.2, -0.15) is 0 Å². The maximum atomic E-state index is 12.7. The van der Waals surface area contributed by atoms with Crippen molar-refractivity contribution in [2.75, 3.05) is 54.1 Å². The van der Waals surface area contributed by atoms with Crippen molar-refractivity contribution in [3.05, 3.63) is 60.8 Å². The lowest BCUT2D eigenvalue weighted by molar-refractivity contribution is -0.870. The number of ether oxygens (including phenoxy) is 2. The van der Waals surface area contributed by atoms with Crippen LogP contribution in [-0.2, 0) is 27.9 Å². The molecule has 0 aromatic rings. The molecule has 0 saturated heterocycles. The van der Waals surface area contributed by atoms with Crippen LogP contribution >= 0.6 is 7.82 Å². The Morgan fingerprint density at radius 2 is 0.921 bits per heavy atom. The summed E-state index contributed by atoms with van der Waals surface area (Å²) in [6, 6.07) is 0. The normalized spacial score (nSPS) is 14.1. The average molecular weight is 906 g/mol. The molecule has 0 amide bonds.